The molecule has 4 nitrogen and oxygen atoms in total. The van der Waals surface area contributed by atoms with Crippen LogP contribution in [0.1, 0.15) is 18.4 Å². The molecule has 1 aromatic carbocycles. The van der Waals surface area contributed by atoms with Gasteiger partial charge in [0.25, 0.3) is 0 Å². The van der Waals surface area contributed by atoms with Crippen LogP contribution >= 0.6 is 0 Å². The van der Waals surface area contributed by atoms with E-state index < -0.39 is 0 Å². The van der Waals surface area contributed by atoms with E-state index in [2.05, 4.69) is 29.4 Å². The Kier molecular flexibility index (Phi) is 4.73. The summed E-state index contributed by atoms with van der Waals surface area (Å²) >= 11 is 0. The highest BCUT2D eigenvalue weighted by molar-refractivity contribution is 5.88. The molecule has 1 aliphatic heterocycles. The van der Waals surface area contributed by atoms with Gasteiger partial charge in [-0.3, -0.25) is 0 Å². The van der Waals surface area contributed by atoms with Crippen LogP contribution in [0.15, 0.2) is 35.5 Å². The van der Waals surface area contributed by atoms with Crippen LogP contribution in [-0.4, -0.2) is 32.3 Å². The Balaban J connectivity index is 1.78. The smallest absolute Gasteiger partial charge is 0.200 e. The third-order valence-electron chi connectivity index (χ3n) is 3.05. The molecule has 0 bridgehead atoms. The van der Waals surface area contributed by atoms with Crippen molar-refractivity contribution in [3.63, 3.8) is 0 Å². The second-order valence-corrected chi connectivity index (χ2v) is 4.34. The van der Waals surface area contributed by atoms with E-state index in [0.717, 1.165) is 25.0 Å². The summed E-state index contributed by atoms with van der Waals surface area (Å²) in [4.78, 5) is 5.40. The number of ether oxygens (including phenoxy) is 2. The van der Waals surface area contributed by atoms with Crippen molar-refractivity contribution < 1.29 is 14.3 Å². The average molecular weight is 249 g/mol. The zero-order valence-corrected chi connectivity index (χ0v) is 10.8. The van der Waals surface area contributed by atoms with Gasteiger partial charge in [-0.15, -0.1) is 0 Å². The summed E-state index contributed by atoms with van der Waals surface area (Å²) in [7, 11) is 3.21. The maximum Gasteiger partial charge on any atom is 0.200 e. The molecule has 0 amide bonds. The van der Waals surface area contributed by atoms with Gasteiger partial charge in [-0.2, -0.15) is 0 Å². The molecule has 98 valence electrons. The third kappa shape index (κ3) is 3.31. The summed E-state index contributed by atoms with van der Waals surface area (Å²) < 4.78 is 10.3. The first kappa shape index (κ1) is 13.1. The van der Waals surface area contributed by atoms with E-state index in [1.165, 1.54) is 5.56 Å². The maximum atomic E-state index is 5.40. The van der Waals surface area contributed by atoms with E-state index in [4.69, 9.17) is 14.3 Å². The third-order valence-corrected chi connectivity index (χ3v) is 3.05. The fourth-order valence-corrected chi connectivity index (χ4v) is 2.08. The second kappa shape index (κ2) is 6.52. The summed E-state index contributed by atoms with van der Waals surface area (Å²) in [6.45, 7) is 0. The highest BCUT2D eigenvalue weighted by Gasteiger charge is 2.26. The monoisotopic (exact) mass is 249 g/mol. The average Bonchev–Trinajstić information content (AvgIpc) is 2.88. The lowest BCUT2D eigenvalue weighted by molar-refractivity contribution is -0.0531. The van der Waals surface area contributed by atoms with Gasteiger partial charge in [0.05, 0.1) is 0 Å². The molecule has 4 heteroatoms. The SMILES string of the molecule is COC(OC)C1=NOC(CCc2ccccc2)C1. The molecule has 0 saturated heterocycles. The van der Waals surface area contributed by atoms with Crippen molar-refractivity contribution in [1.29, 1.82) is 0 Å². The van der Waals surface area contributed by atoms with Crippen molar-refractivity contribution in [1.82, 2.24) is 0 Å². The van der Waals surface area contributed by atoms with Gasteiger partial charge in [0, 0.05) is 20.6 Å². The predicted octanol–water partition coefficient (Wildman–Crippen LogP) is 2.38. The number of aryl methyl sites for hydroxylation is 1. The highest BCUT2D eigenvalue weighted by atomic mass is 16.7. The topological polar surface area (TPSA) is 40.0 Å². The first-order valence-electron chi connectivity index (χ1n) is 6.15. The first-order chi connectivity index (χ1) is 8.83. The summed E-state index contributed by atoms with van der Waals surface area (Å²) in [5.41, 5.74) is 2.16. The van der Waals surface area contributed by atoms with Gasteiger partial charge in [-0.25, -0.2) is 0 Å². The van der Waals surface area contributed by atoms with Gasteiger partial charge in [-0.1, -0.05) is 35.5 Å². The van der Waals surface area contributed by atoms with Crippen LogP contribution in [0.25, 0.3) is 0 Å². The molecule has 1 aromatic rings. The second-order valence-electron chi connectivity index (χ2n) is 4.34. The Bertz CT molecular complexity index is 387. The zero-order chi connectivity index (χ0) is 12.8. The minimum atomic E-state index is -0.383. The number of oxime groups is 1. The standard InChI is InChI=1S/C14H19NO3/c1-16-14(17-2)13-10-12(18-15-13)9-8-11-6-4-3-5-7-11/h3-7,12,14H,8-10H2,1-2H3. The first-order valence-corrected chi connectivity index (χ1v) is 6.15. The molecule has 0 aromatic heterocycles. The number of hydrogen-bond acceptors (Lipinski definition) is 4. The zero-order valence-electron chi connectivity index (χ0n) is 10.8. The van der Waals surface area contributed by atoms with Crippen LogP contribution in [0.2, 0.25) is 0 Å². The fourth-order valence-electron chi connectivity index (χ4n) is 2.08. The molecule has 18 heavy (non-hydrogen) atoms. The normalized spacial score (nSPS) is 18.8. The molecule has 0 N–H and O–H groups in total. The van der Waals surface area contributed by atoms with Gasteiger partial charge < -0.3 is 14.3 Å². The molecule has 1 heterocycles. The number of nitrogens with zero attached hydrogens (tertiary/aromatic N) is 1. The highest BCUT2D eigenvalue weighted by Crippen LogP contribution is 2.19. The molecule has 0 saturated carbocycles. The largest absolute Gasteiger partial charge is 0.392 e. The Morgan fingerprint density at radius 3 is 2.67 bits per heavy atom. The molecule has 1 unspecified atom stereocenters. The van der Waals surface area contributed by atoms with E-state index in [1.807, 2.05) is 6.07 Å². The van der Waals surface area contributed by atoms with E-state index >= 15 is 0 Å². The molecule has 0 aliphatic carbocycles. The Hall–Kier alpha value is -1.39. The number of rotatable bonds is 6. The van der Waals surface area contributed by atoms with E-state index in [0.29, 0.717) is 0 Å². The van der Waals surface area contributed by atoms with E-state index in [1.54, 1.807) is 14.2 Å². The van der Waals surface area contributed by atoms with Crippen LogP contribution in [0.3, 0.4) is 0 Å². The molecule has 2 rings (SSSR count). The lowest BCUT2D eigenvalue weighted by Crippen LogP contribution is -2.25. The van der Waals surface area contributed by atoms with Crippen LogP contribution in [0.5, 0.6) is 0 Å². The van der Waals surface area contributed by atoms with Crippen molar-refractivity contribution in [3.8, 4) is 0 Å². The number of methoxy groups -OCH3 is 2. The van der Waals surface area contributed by atoms with Crippen molar-refractivity contribution >= 4 is 5.71 Å². The van der Waals surface area contributed by atoms with E-state index in [-0.39, 0.29) is 12.4 Å². The Labute approximate surface area is 108 Å². The lowest BCUT2D eigenvalue weighted by atomic mass is 10.0. The quantitative estimate of drug-likeness (QED) is 0.727. The van der Waals surface area contributed by atoms with E-state index in [9.17, 15) is 0 Å². The Morgan fingerprint density at radius 1 is 1.28 bits per heavy atom. The van der Waals surface area contributed by atoms with Crippen molar-refractivity contribution in [3.05, 3.63) is 35.9 Å². The Morgan fingerprint density at radius 2 is 2.00 bits per heavy atom. The molecular weight excluding hydrogens is 230 g/mol. The van der Waals surface area contributed by atoms with Gasteiger partial charge >= 0.3 is 0 Å². The minimum absolute atomic E-state index is 0.132. The molecular formula is C14H19NO3. The lowest BCUT2D eigenvalue weighted by Gasteiger charge is -2.12. The number of hydrogen-bond donors (Lipinski definition) is 0. The van der Waals surface area contributed by atoms with Crippen molar-refractivity contribution in [2.45, 2.75) is 31.7 Å². The van der Waals surface area contributed by atoms with Crippen molar-refractivity contribution in [2.24, 2.45) is 5.16 Å². The van der Waals surface area contributed by atoms with Crippen LogP contribution < -0.4 is 0 Å². The van der Waals surface area contributed by atoms with Crippen molar-refractivity contribution in [2.75, 3.05) is 14.2 Å². The molecule has 0 fully saturated rings. The minimum Gasteiger partial charge on any atom is -0.392 e. The summed E-state index contributed by atoms with van der Waals surface area (Å²) in [6.07, 6.45) is 2.48. The van der Waals surface area contributed by atoms with Crippen LogP contribution in [0, 0.1) is 0 Å². The van der Waals surface area contributed by atoms with Crippen LogP contribution in [-0.2, 0) is 20.7 Å². The van der Waals surface area contributed by atoms with Gasteiger partial charge in [-0.05, 0) is 18.4 Å². The molecule has 1 aliphatic rings. The summed E-state index contributed by atoms with van der Waals surface area (Å²) in [5.74, 6) is 0. The molecule has 1 atom stereocenters. The summed E-state index contributed by atoms with van der Waals surface area (Å²) in [5, 5.41) is 4.04. The van der Waals surface area contributed by atoms with Crippen LogP contribution in [0.4, 0.5) is 0 Å². The number of benzene rings is 1. The fraction of sp³-hybridized carbons (Fsp3) is 0.500. The summed E-state index contributed by atoms with van der Waals surface area (Å²) in [6, 6.07) is 10.4. The van der Waals surface area contributed by atoms with Gasteiger partial charge in [0.2, 0.25) is 0 Å². The molecule has 0 radical (unpaired) electrons. The van der Waals surface area contributed by atoms with Gasteiger partial charge in [0.1, 0.15) is 11.8 Å². The predicted molar refractivity (Wildman–Crippen MR) is 69.5 cm³/mol. The van der Waals surface area contributed by atoms with Gasteiger partial charge in [0.15, 0.2) is 6.29 Å². The molecule has 0 spiro atoms. The maximum absolute atomic E-state index is 5.40.